The van der Waals surface area contributed by atoms with Crippen LogP contribution in [-0.4, -0.2) is 33.2 Å². The number of benzene rings is 2. The van der Waals surface area contributed by atoms with Gasteiger partial charge in [0.15, 0.2) is 0 Å². The maximum absolute atomic E-state index is 6.31. The van der Waals surface area contributed by atoms with Gasteiger partial charge in [0.25, 0.3) is 0 Å². The van der Waals surface area contributed by atoms with Crippen molar-refractivity contribution < 1.29 is 4.74 Å². The lowest BCUT2D eigenvalue weighted by molar-refractivity contribution is 0.220. The Balaban J connectivity index is 1.32. The van der Waals surface area contributed by atoms with Gasteiger partial charge in [-0.25, -0.2) is 0 Å². The summed E-state index contributed by atoms with van der Waals surface area (Å²) in [6.45, 7) is 7.58. The van der Waals surface area contributed by atoms with Gasteiger partial charge in [0, 0.05) is 29.9 Å². The summed E-state index contributed by atoms with van der Waals surface area (Å²) in [5, 5.41) is 9.58. The maximum Gasteiger partial charge on any atom is 0.124 e. The number of hydrogen-bond donors (Lipinski definition) is 1. The summed E-state index contributed by atoms with van der Waals surface area (Å²) >= 11 is 12.6. The number of H-pyrrole nitrogens is 1. The molecule has 1 unspecified atom stereocenters. The Morgan fingerprint density at radius 3 is 2.56 bits per heavy atom. The van der Waals surface area contributed by atoms with Crippen LogP contribution in [0, 0.1) is 6.92 Å². The maximum atomic E-state index is 6.31. The molecule has 1 fully saturated rings. The van der Waals surface area contributed by atoms with Crippen LogP contribution in [0.5, 0.6) is 5.75 Å². The minimum atomic E-state index is -0.331. The molecule has 7 heteroatoms. The van der Waals surface area contributed by atoms with Crippen molar-refractivity contribution in [1.82, 2.24) is 20.1 Å². The van der Waals surface area contributed by atoms with E-state index < -0.39 is 0 Å². The van der Waals surface area contributed by atoms with Gasteiger partial charge in [0.1, 0.15) is 11.9 Å². The number of ether oxygens (including phenoxy) is 1. The monoisotopic (exact) mass is 520 g/mol. The average molecular weight is 521 g/mol. The largest absolute Gasteiger partial charge is 0.486 e. The Morgan fingerprint density at radius 1 is 1.03 bits per heavy atom. The zero-order chi connectivity index (χ0) is 25.1. The van der Waals surface area contributed by atoms with E-state index in [1.165, 1.54) is 43.5 Å². The second-order valence-electron chi connectivity index (χ2n) is 9.45. The van der Waals surface area contributed by atoms with Gasteiger partial charge in [-0.3, -0.25) is 15.0 Å². The summed E-state index contributed by atoms with van der Waals surface area (Å²) < 4.78 is 6.18. The summed E-state index contributed by atoms with van der Waals surface area (Å²) in [4.78, 5) is 6.58. The number of rotatable bonds is 7. The first-order chi connectivity index (χ1) is 17.5. The van der Waals surface area contributed by atoms with Crippen molar-refractivity contribution in [1.29, 1.82) is 0 Å². The van der Waals surface area contributed by atoms with Crippen molar-refractivity contribution in [3.8, 4) is 5.75 Å². The molecule has 1 saturated heterocycles. The normalized spacial score (nSPS) is 15.6. The molecule has 0 amide bonds. The van der Waals surface area contributed by atoms with Gasteiger partial charge in [-0.2, -0.15) is 5.10 Å². The van der Waals surface area contributed by atoms with Crippen LogP contribution >= 0.6 is 23.2 Å². The Labute approximate surface area is 222 Å². The number of hydrogen-bond acceptors (Lipinski definition) is 4. The molecule has 1 aliphatic rings. The van der Waals surface area contributed by atoms with E-state index in [2.05, 4.69) is 51.3 Å². The third-order valence-corrected chi connectivity index (χ3v) is 7.42. The number of likely N-dealkylation sites (tertiary alicyclic amines) is 1. The molecule has 186 valence electrons. The van der Waals surface area contributed by atoms with Crippen molar-refractivity contribution >= 4 is 46.3 Å². The lowest BCUT2D eigenvalue weighted by Gasteiger charge is -2.27. The van der Waals surface area contributed by atoms with Crippen molar-refractivity contribution in [3.05, 3.63) is 86.8 Å². The van der Waals surface area contributed by atoms with E-state index in [1.807, 2.05) is 31.2 Å². The van der Waals surface area contributed by atoms with Gasteiger partial charge in [0.05, 0.1) is 21.3 Å². The smallest absolute Gasteiger partial charge is 0.124 e. The quantitative estimate of drug-likeness (QED) is 0.269. The highest BCUT2D eigenvalue weighted by atomic mass is 35.5. The molecule has 2 aromatic carbocycles. The van der Waals surface area contributed by atoms with Gasteiger partial charge < -0.3 is 4.74 Å². The first-order valence-corrected chi connectivity index (χ1v) is 13.2. The molecule has 1 atom stereocenters. The lowest BCUT2D eigenvalue weighted by atomic mass is 10.0. The Kier molecular flexibility index (Phi) is 7.61. The summed E-state index contributed by atoms with van der Waals surface area (Å²) in [5.41, 5.74) is 6.42. The van der Waals surface area contributed by atoms with Crippen molar-refractivity contribution in [2.24, 2.45) is 0 Å². The molecule has 5 rings (SSSR count). The summed E-state index contributed by atoms with van der Waals surface area (Å²) in [6.07, 6.45) is 11.0. The standard InChI is InChI=1S/C29H30Cl2N4O/c1-19-14-21(6-8-22(19)18-35-12-4-3-5-13-35)7-10-27-24-15-23(9-11-28(24)34-33-27)36-20(2)29-25(30)16-32-17-26(29)31/h6-11,14-17,20H,3-5,12-13,18H2,1-2H3,(H,33,34)/b10-7+. The van der Waals surface area contributed by atoms with Crippen LogP contribution in [0.3, 0.4) is 0 Å². The second kappa shape index (κ2) is 11.0. The molecule has 2 aromatic heterocycles. The molecule has 0 spiro atoms. The number of aromatic amines is 1. The molecular weight excluding hydrogens is 491 g/mol. The number of aromatic nitrogens is 3. The topological polar surface area (TPSA) is 54.0 Å². The number of aryl methyl sites for hydroxylation is 1. The highest BCUT2D eigenvalue weighted by Crippen LogP contribution is 2.33. The summed E-state index contributed by atoms with van der Waals surface area (Å²) in [7, 11) is 0. The Hall–Kier alpha value is -2.86. The van der Waals surface area contributed by atoms with Crippen LogP contribution in [0.25, 0.3) is 23.1 Å². The summed E-state index contributed by atoms with van der Waals surface area (Å²) in [5.74, 6) is 0.716. The molecule has 1 aliphatic heterocycles. The molecule has 5 nitrogen and oxygen atoms in total. The molecule has 36 heavy (non-hydrogen) atoms. The van der Waals surface area contributed by atoms with Crippen molar-refractivity contribution in [2.75, 3.05) is 13.1 Å². The van der Waals surface area contributed by atoms with Gasteiger partial charge in [-0.1, -0.05) is 53.9 Å². The molecule has 1 N–H and O–H groups in total. The van der Waals surface area contributed by atoms with Gasteiger partial charge in [-0.15, -0.1) is 0 Å². The van der Waals surface area contributed by atoms with Crippen LogP contribution in [-0.2, 0) is 6.54 Å². The van der Waals surface area contributed by atoms with Crippen LogP contribution in [0.2, 0.25) is 10.0 Å². The molecule has 0 radical (unpaired) electrons. The van der Waals surface area contributed by atoms with E-state index in [1.54, 1.807) is 12.4 Å². The van der Waals surface area contributed by atoms with Gasteiger partial charge in [0.2, 0.25) is 0 Å². The van der Waals surface area contributed by atoms with E-state index >= 15 is 0 Å². The molecular formula is C29H30Cl2N4O. The van der Waals surface area contributed by atoms with Crippen LogP contribution < -0.4 is 4.74 Å². The van der Waals surface area contributed by atoms with E-state index in [0.717, 1.165) is 34.3 Å². The van der Waals surface area contributed by atoms with Gasteiger partial charge in [-0.05, 0) is 80.7 Å². The van der Waals surface area contributed by atoms with Crippen molar-refractivity contribution in [3.63, 3.8) is 0 Å². The number of piperidine rings is 1. The molecule has 0 aliphatic carbocycles. The number of halogens is 2. The highest BCUT2D eigenvalue weighted by Gasteiger charge is 2.17. The lowest BCUT2D eigenvalue weighted by Crippen LogP contribution is -2.29. The fourth-order valence-corrected chi connectivity index (χ4v) is 5.49. The second-order valence-corrected chi connectivity index (χ2v) is 10.3. The predicted molar refractivity (Wildman–Crippen MR) is 149 cm³/mol. The zero-order valence-electron chi connectivity index (χ0n) is 20.6. The van der Waals surface area contributed by atoms with Crippen LogP contribution in [0.1, 0.15) is 60.2 Å². The molecule has 0 saturated carbocycles. The van der Waals surface area contributed by atoms with Crippen LogP contribution in [0.15, 0.2) is 48.8 Å². The Morgan fingerprint density at radius 2 is 1.81 bits per heavy atom. The minimum absolute atomic E-state index is 0.331. The molecule has 0 bridgehead atoms. The summed E-state index contributed by atoms with van der Waals surface area (Å²) in [6, 6.07) is 12.6. The SMILES string of the molecule is Cc1cc(/C=C/c2n[nH]c3ccc(OC(C)c4c(Cl)cncc4Cl)cc23)ccc1CN1CCCCC1. The first-order valence-electron chi connectivity index (χ1n) is 12.4. The van der Waals surface area contributed by atoms with E-state index in [-0.39, 0.29) is 6.10 Å². The number of pyridine rings is 1. The van der Waals surface area contributed by atoms with Gasteiger partial charge >= 0.3 is 0 Å². The van der Waals surface area contributed by atoms with Crippen LogP contribution in [0.4, 0.5) is 0 Å². The third kappa shape index (κ3) is 5.59. The third-order valence-electron chi connectivity index (χ3n) is 6.82. The fraction of sp³-hybridized carbons (Fsp3) is 0.310. The fourth-order valence-electron chi connectivity index (χ4n) is 4.82. The number of fused-ring (bicyclic) bond motifs is 1. The van der Waals surface area contributed by atoms with E-state index in [4.69, 9.17) is 27.9 Å². The molecule has 3 heterocycles. The van der Waals surface area contributed by atoms with E-state index in [0.29, 0.717) is 15.8 Å². The highest BCUT2D eigenvalue weighted by molar-refractivity contribution is 6.35. The number of nitrogens with one attached hydrogen (secondary N) is 1. The molecule has 4 aromatic rings. The minimum Gasteiger partial charge on any atom is -0.486 e. The Bertz CT molecular complexity index is 1370. The number of nitrogens with zero attached hydrogens (tertiary/aromatic N) is 3. The van der Waals surface area contributed by atoms with Crippen molar-refractivity contribution in [2.45, 2.75) is 45.8 Å². The average Bonchev–Trinajstić information content (AvgIpc) is 3.27. The van der Waals surface area contributed by atoms with E-state index in [9.17, 15) is 0 Å². The zero-order valence-corrected chi connectivity index (χ0v) is 22.1. The predicted octanol–water partition coefficient (Wildman–Crippen LogP) is 7.87. The first kappa shape index (κ1) is 24.8.